The first kappa shape index (κ1) is 10.5. The number of nitrogens with two attached hydrogens (primary N) is 1. The largest absolute Gasteiger partial charge is 0.338 e. The van der Waals surface area contributed by atoms with E-state index >= 15 is 0 Å². The third-order valence-corrected chi connectivity index (χ3v) is 2.77. The van der Waals surface area contributed by atoms with Gasteiger partial charge in [0.15, 0.2) is 0 Å². The third-order valence-electron chi connectivity index (χ3n) is 2.77. The first-order valence-corrected chi connectivity index (χ1v) is 5.23. The van der Waals surface area contributed by atoms with E-state index in [1.54, 1.807) is 6.92 Å². The molecule has 1 fully saturated rings. The summed E-state index contributed by atoms with van der Waals surface area (Å²) in [6.45, 7) is 4.81. The van der Waals surface area contributed by atoms with Gasteiger partial charge in [0.1, 0.15) is 0 Å². The summed E-state index contributed by atoms with van der Waals surface area (Å²) >= 11 is 0. The van der Waals surface area contributed by atoms with Crippen LogP contribution >= 0.6 is 0 Å². The van der Waals surface area contributed by atoms with E-state index in [1.165, 1.54) is 6.42 Å². The zero-order valence-electron chi connectivity index (χ0n) is 8.62. The van der Waals surface area contributed by atoms with Gasteiger partial charge in [0.25, 0.3) is 0 Å². The van der Waals surface area contributed by atoms with Crippen LogP contribution in [0.5, 0.6) is 0 Å². The molecule has 0 spiro atoms. The number of rotatable bonds is 2. The Bertz CT molecular complexity index is 180. The fourth-order valence-electron chi connectivity index (χ4n) is 1.98. The molecule has 2 atom stereocenters. The second-order valence-corrected chi connectivity index (χ2v) is 3.88. The lowest BCUT2D eigenvalue weighted by Crippen LogP contribution is -2.49. The Morgan fingerprint density at radius 3 is 2.85 bits per heavy atom. The van der Waals surface area contributed by atoms with Crippen LogP contribution in [-0.4, -0.2) is 29.4 Å². The van der Waals surface area contributed by atoms with Gasteiger partial charge in [-0.05, 0) is 32.6 Å². The van der Waals surface area contributed by atoms with Crippen LogP contribution in [0, 0.1) is 0 Å². The second kappa shape index (κ2) is 4.61. The molecule has 1 amide bonds. The Morgan fingerprint density at radius 2 is 2.31 bits per heavy atom. The molecule has 1 aliphatic rings. The molecule has 0 aliphatic carbocycles. The SMILES string of the molecule is CC[C@@H]1CCCCN1C(=O)[C@@H](C)N. The predicted molar refractivity (Wildman–Crippen MR) is 53.3 cm³/mol. The number of likely N-dealkylation sites (tertiary alicyclic amines) is 1. The van der Waals surface area contributed by atoms with Crippen LogP contribution in [-0.2, 0) is 4.79 Å². The molecule has 0 aromatic rings. The summed E-state index contributed by atoms with van der Waals surface area (Å²) in [5.74, 6) is 0.117. The first-order chi connectivity index (χ1) is 6.16. The van der Waals surface area contributed by atoms with Gasteiger partial charge in [-0.1, -0.05) is 6.92 Å². The highest BCUT2D eigenvalue weighted by Crippen LogP contribution is 2.19. The van der Waals surface area contributed by atoms with Crippen LogP contribution in [0.25, 0.3) is 0 Å². The Kier molecular flexibility index (Phi) is 3.72. The molecule has 0 bridgehead atoms. The van der Waals surface area contributed by atoms with Crippen molar-refractivity contribution in [3.05, 3.63) is 0 Å². The van der Waals surface area contributed by atoms with Gasteiger partial charge in [0, 0.05) is 12.6 Å². The van der Waals surface area contributed by atoms with Crippen LogP contribution < -0.4 is 5.73 Å². The minimum atomic E-state index is -0.341. The van der Waals surface area contributed by atoms with Gasteiger partial charge in [-0.2, -0.15) is 0 Å². The third kappa shape index (κ3) is 2.44. The van der Waals surface area contributed by atoms with Crippen LogP contribution in [0.15, 0.2) is 0 Å². The molecule has 0 aromatic carbocycles. The molecule has 1 heterocycles. The minimum absolute atomic E-state index is 0.117. The van der Waals surface area contributed by atoms with Gasteiger partial charge in [0.05, 0.1) is 6.04 Å². The maximum atomic E-state index is 11.7. The standard InChI is InChI=1S/C10H20N2O/c1-3-9-6-4-5-7-12(9)10(13)8(2)11/h8-9H,3-7,11H2,1-2H3/t8-,9-/m1/s1. The molecule has 0 aromatic heterocycles. The number of carbonyl (C=O) groups is 1. The molecule has 3 nitrogen and oxygen atoms in total. The van der Waals surface area contributed by atoms with Crippen molar-refractivity contribution in [2.24, 2.45) is 5.73 Å². The molecule has 1 saturated heterocycles. The summed E-state index contributed by atoms with van der Waals surface area (Å²) in [7, 11) is 0. The second-order valence-electron chi connectivity index (χ2n) is 3.88. The Labute approximate surface area is 80.3 Å². The number of nitrogens with zero attached hydrogens (tertiary/aromatic N) is 1. The van der Waals surface area contributed by atoms with Gasteiger partial charge in [-0.3, -0.25) is 4.79 Å². The average molecular weight is 184 g/mol. The number of hydrogen-bond acceptors (Lipinski definition) is 2. The molecule has 2 N–H and O–H groups in total. The normalized spacial score (nSPS) is 25.8. The van der Waals surface area contributed by atoms with E-state index in [1.807, 2.05) is 4.90 Å². The van der Waals surface area contributed by atoms with E-state index in [0.29, 0.717) is 6.04 Å². The molecule has 0 radical (unpaired) electrons. The summed E-state index contributed by atoms with van der Waals surface area (Å²) in [6, 6.07) is 0.0967. The summed E-state index contributed by atoms with van der Waals surface area (Å²) < 4.78 is 0. The smallest absolute Gasteiger partial charge is 0.239 e. The number of carbonyl (C=O) groups excluding carboxylic acids is 1. The van der Waals surface area contributed by atoms with Gasteiger partial charge < -0.3 is 10.6 Å². The quantitative estimate of drug-likeness (QED) is 0.699. The van der Waals surface area contributed by atoms with Crippen molar-refractivity contribution in [2.45, 2.75) is 51.6 Å². The lowest BCUT2D eigenvalue weighted by molar-refractivity contribution is -0.135. The lowest BCUT2D eigenvalue weighted by Gasteiger charge is -2.36. The fourth-order valence-corrected chi connectivity index (χ4v) is 1.98. The molecule has 76 valence electrons. The van der Waals surface area contributed by atoms with Gasteiger partial charge >= 0.3 is 0 Å². The maximum Gasteiger partial charge on any atom is 0.239 e. The van der Waals surface area contributed by atoms with Crippen molar-refractivity contribution in [1.82, 2.24) is 4.90 Å². The topological polar surface area (TPSA) is 46.3 Å². The van der Waals surface area contributed by atoms with Crippen LogP contribution in [0.3, 0.4) is 0 Å². The van der Waals surface area contributed by atoms with Gasteiger partial charge in [-0.15, -0.1) is 0 Å². The summed E-state index contributed by atoms with van der Waals surface area (Å²) in [5.41, 5.74) is 5.59. The molecule has 0 saturated carbocycles. The highest BCUT2D eigenvalue weighted by Gasteiger charge is 2.26. The zero-order valence-corrected chi connectivity index (χ0v) is 8.62. The molecular weight excluding hydrogens is 164 g/mol. The minimum Gasteiger partial charge on any atom is -0.338 e. The van der Waals surface area contributed by atoms with Crippen LogP contribution in [0.2, 0.25) is 0 Å². The Balaban J connectivity index is 2.58. The van der Waals surface area contributed by atoms with Crippen molar-refractivity contribution >= 4 is 5.91 Å². The van der Waals surface area contributed by atoms with E-state index in [2.05, 4.69) is 6.92 Å². The van der Waals surface area contributed by atoms with Crippen molar-refractivity contribution in [1.29, 1.82) is 0 Å². The summed E-state index contributed by atoms with van der Waals surface area (Å²) in [5, 5.41) is 0. The molecule has 3 heteroatoms. The van der Waals surface area contributed by atoms with E-state index < -0.39 is 0 Å². The highest BCUT2D eigenvalue weighted by atomic mass is 16.2. The van der Waals surface area contributed by atoms with Crippen LogP contribution in [0.4, 0.5) is 0 Å². The Morgan fingerprint density at radius 1 is 1.62 bits per heavy atom. The van der Waals surface area contributed by atoms with Crippen molar-refractivity contribution in [3.8, 4) is 0 Å². The highest BCUT2D eigenvalue weighted by molar-refractivity contribution is 5.81. The van der Waals surface area contributed by atoms with Crippen molar-refractivity contribution in [3.63, 3.8) is 0 Å². The van der Waals surface area contributed by atoms with E-state index in [9.17, 15) is 4.79 Å². The molecule has 1 rings (SSSR count). The zero-order chi connectivity index (χ0) is 9.84. The Hall–Kier alpha value is -0.570. The predicted octanol–water partition coefficient (Wildman–Crippen LogP) is 1.12. The van der Waals surface area contributed by atoms with Gasteiger partial charge in [0.2, 0.25) is 5.91 Å². The molecule has 1 aliphatic heterocycles. The van der Waals surface area contributed by atoms with Crippen molar-refractivity contribution in [2.75, 3.05) is 6.54 Å². The van der Waals surface area contributed by atoms with E-state index in [0.717, 1.165) is 25.8 Å². The van der Waals surface area contributed by atoms with Crippen molar-refractivity contribution < 1.29 is 4.79 Å². The molecular formula is C10H20N2O. The van der Waals surface area contributed by atoms with Crippen LogP contribution in [0.1, 0.15) is 39.5 Å². The number of amides is 1. The average Bonchev–Trinajstić information content (AvgIpc) is 2.16. The maximum absolute atomic E-state index is 11.7. The summed E-state index contributed by atoms with van der Waals surface area (Å²) in [4.78, 5) is 13.6. The molecule has 13 heavy (non-hydrogen) atoms. The first-order valence-electron chi connectivity index (χ1n) is 5.23. The van der Waals surface area contributed by atoms with Gasteiger partial charge in [-0.25, -0.2) is 0 Å². The number of hydrogen-bond donors (Lipinski definition) is 1. The van der Waals surface area contributed by atoms with E-state index in [4.69, 9.17) is 5.73 Å². The van der Waals surface area contributed by atoms with E-state index in [-0.39, 0.29) is 11.9 Å². The monoisotopic (exact) mass is 184 g/mol. The number of piperidine rings is 1. The lowest BCUT2D eigenvalue weighted by atomic mass is 9.99. The summed E-state index contributed by atoms with van der Waals surface area (Å²) in [6.07, 6.45) is 4.59. The molecule has 0 unspecified atom stereocenters. The fraction of sp³-hybridized carbons (Fsp3) is 0.900.